The second kappa shape index (κ2) is 7.15. The van der Waals surface area contributed by atoms with Crippen LogP contribution in [-0.2, 0) is 11.3 Å². The van der Waals surface area contributed by atoms with E-state index in [0.29, 0.717) is 0 Å². The molecule has 0 aliphatic carbocycles. The number of nitrogens with one attached hydrogen (secondary N) is 1. The Morgan fingerprint density at radius 3 is 2.65 bits per heavy atom. The van der Waals surface area contributed by atoms with Crippen LogP contribution in [0.4, 0.5) is 8.78 Å². The van der Waals surface area contributed by atoms with Gasteiger partial charge < -0.3 is 15.0 Å². The number of hydrogen-bond acceptors (Lipinski definition) is 3. The fourth-order valence-electron chi connectivity index (χ4n) is 2.11. The van der Waals surface area contributed by atoms with E-state index in [-0.39, 0.29) is 17.7 Å². The lowest BCUT2D eigenvalue weighted by atomic mass is 10.0. The van der Waals surface area contributed by atoms with Gasteiger partial charge in [-0.25, -0.2) is 8.78 Å². The molecule has 0 bridgehead atoms. The number of pyridine rings is 1. The van der Waals surface area contributed by atoms with Gasteiger partial charge in [-0.1, -0.05) is 12.1 Å². The first-order valence-corrected chi connectivity index (χ1v) is 6.96. The Hall–Kier alpha value is -2.54. The lowest BCUT2D eigenvalue weighted by Crippen LogP contribution is -2.40. The molecule has 1 aromatic carbocycles. The van der Waals surface area contributed by atoms with E-state index in [2.05, 4.69) is 5.32 Å². The van der Waals surface area contributed by atoms with Crippen molar-refractivity contribution in [1.82, 2.24) is 9.88 Å². The maximum Gasteiger partial charge on any atom is 0.250 e. The molecule has 23 heavy (non-hydrogen) atoms. The molecule has 122 valence electrons. The molecular weight excluding hydrogens is 306 g/mol. The van der Waals surface area contributed by atoms with Gasteiger partial charge in [0.2, 0.25) is 5.91 Å². The lowest BCUT2D eigenvalue weighted by molar-refractivity contribution is -0.123. The molecule has 0 saturated carbocycles. The molecule has 0 spiro atoms. The average molecular weight is 322 g/mol. The molecule has 0 fully saturated rings. The van der Waals surface area contributed by atoms with Crippen molar-refractivity contribution in [2.24, 2.45) is 0 Å². The summed E-state index contributed by atoms with van der Waals surface area (Å²) in [6, 6.07) is 6.79. The summed E-state index contributed by atoms with van der Waals surface area (Å²) in [5, 5.41) is 12.6. The first kappa shape index (κ1) is 16.8. The van der Waals surface area contributed by atoms with Gasteiger partial charge in [0.15, 0.2) is 11.6 Å². The number of halogens is 2. The van der Waals surface area contributed by atoms with Gasteiger partial charge in [-0.3, -0.25) is 9.59 Å². The standard InChI is InChI=1S/C16H16F2N2O3/c1-10(16(23)11-5-6-12(17)13(18)8-11)19-14(21)9-20-7-3-2-4-15(20)22/h2-8,10,16,23H,9H2,1H3,(H,19,21). The molecular formula is C16H16F2N2O3. The highest BCUT2D eigenvalue weighted by atomic mass is 19.2. The molecule has 2 unspecified atom stereocenters. The van der Waals surface area contributed by atoms with Gasteiger partial charge in [0.1, 0.15) is 6.54 Å². The van der Waals surface area contributed by atoms with E-state index in [9.17, 15) is 23.5 Å². The van der Waals surface area contributed by atoms with E-state index in [1.807, 2.05) is 0 Å². The minimum absolute atomic E-state index is 0.147. The summed E-state index contributed by atoms with van der Waals surface area (Å²) >= 11 is 0. The Bertz CT molecular complexity index is 761. The number of carbonyl (C=O) groups is 1. The van der Waals surface area contributed by atoms with Crippen LogP contribution in [0.25, 0.3) is 0 Å². The normalized spacial score (nSPS) is 13.4. The quantitative estimate of drug-likeness (QED) is 0.873. The molecule has 0 aliphatic rings. The summed E-state index contributed by atoms with van der Waals surface area (Å²) in [5.74, 6) is -2.57. The molecule has 0 radical (unpaired) electrons. The van der Waals surface area contributed by atoms with Crippen LogP contribution >= 0.6 is 0 Å². The molecule has 1 aromatic heterocycles. The number of benzene rings is 1. The van der Waals surface area contributed by atoms with E-state index >= 15 is 0 Å². The van der Waals surface area contributed by atoms with Crippen molar-refractivity contribution in [2.75, 3.05) is 0 Å². The van der Waals surface area contributed by atoms with Gasteiger partial charge >= 0.3 is 0 Å². The van der Waals surface area contributed by atoms with Crippen molar-refractivity contribution < 1.29 is 18.7 Å². The highest BCUT2D eigenvalue weighted by molar-refractivity contribution is 5.76. The molecule has 2 rings (SSSR count). The fraction of sp³-hybridized carbons (Fsp3) is 0.250. The third-order valence-electron chi connectivity index (χ3n) is 3.36. The smallest absolute Gasteiger partial charge is 0.250 e. The molecule has 7 heteroatoms. The van der Waals surface area contributed by atoms with Crippen LogP contribution in [0.15, 0.2) is 47.4 Å². The van der Waals surface area contributed by atoms with E-state index < -0.39 is 29.7 Å². The number of hydrogen-bond donors (Lipinski definition) is 2. The zero-order chi connectivity index (χ0) is 17.0. The lowest BCUT2D eigenvalue weighted by Gasteiger charge is -2.21. The minimum Gasteiger partial charge on any atom is -0.386 e. The number of rotatable bonds is 5. The maximum atomic E-state index is 13.2. The topological polar surface area (TPSA) is 71.3 Å². The monoisotopic (exact) mass is 322 g/mol. The second-order valence-electron chi connectivity index (χ2n) is 5.14. The zero-order valence-electron chi connectivity index (χ0n) is 12.4. The first-order valence-electron chi connectivity index (χ1n) is 6.96. The van der Waals surface area contributed by atoms with Gasteiger partial charge in [-0.2, -0.15) is 0 Å². The summed E-state index contributed by atoms with van der Waals surface area (Å²) in [6.07, 6.45) is 0.264. The average Bonchev–Trinajstić information content (AvgIpc) is 2.51. The number of aromatic nitrogens is 1. The molecule has 1 amide bonds. The van der Waals surface area contributed by atoms with Gasteiger partial charge in [-0.05, 0) is 30.7 Å². The van der Waals surface area contributed by atoms with Crippen LogP contribution in [0.1, 0.15) is 18.6 Å². The van der Waals surface area contributed by atoms with Crippen molar-refractivity contribution in [1.29, 1.82) is 0 Å². The van der Waals surface area contributed by atoms with Crippen molar-refractivity contribution in [3.63, 3.8) is 0 Å². The number of nitrogens with zero attached hydrogens (tertiary/aromatic N) is 1. The minimum atomic E-state index is -1.21. The molecule has 1 heterocycles. The van der Waals surface area contributed by atoms with E-state index in [1.165, 1.54) is 29.8 Å². The Kier molecular flexibility index (Phi) is 5.23. The predicted molar refractivity (Wildman–Crippen MR) is 79.6 cm³/mol. The van der Waals surface area contributed by atoms with E-state index in [4.69, 9.17) is 0 Å². The Labute approximate surface area is 131 Å². The summed E-state index contributed by atoms with van der Waals surface area (Å²) in [4.78, 5) is 23.4. The Morgan fingerprint density at radius 2 is 2.00 bits per heavy atom. The zero-order valence-corrected chi connectivity index (χ0v) is 12.4. The molecule has 0 aliphatic heterocycles. The van der Waals surface area contributed by atoms with Crippen LogP contribution in [0.2, 0.25) is 0 Å². The van der Waals surface area contributed by atoms with Crippen molar-refractivity contribution in [2.45, 2.75) is 25.6 Å². The maximum absolute atomic E-state index is 13.2. The molecule has 0 saturated heterocycles. The molecule has 2 atom stereocenters. The largest absolute Gasteiger partial charge is 0.386 e. The van der Waals surface area contributed by atoms with Crippen molar-refractivity contribution >= 4 is 5.91 Å². The van der Waals surface area contributed by atoms with Gasteiger partial charge in [0.25, 0.3) is 5.56 Å². The van der Waals surface area contributed by atoms with Crippen molar-refractivity contribution in [3.8, 4) is 0 Å². The Balaban J connectivity index is 2.01. The van der Waals surface area contributed by atoms with Crippen LogP contribution < -0.4 is 10.9 Å². The van der Waals surface area contributed by atoms with Gasteiger partial charge in [0, 0.05) is 12.3 Å². The van der Waals surface area contributed by atoms with Gasteiger partial charge in [0.05, 0.1) is 12.1 Å². The third-order valence-corrected chi connectivity index (χ3v) is 3.36. The number of aliphatic hydroxyl groups is 1. The third kappa shape index (κ3) is 4.23. The second-order valence-corrected chi connectivity index (χ2v) is 5.14. The molecule has 2 N–H and O–H groups in total. The van der Waals surface area contributed by atoms with E-state index in [1.54, 1.807) is 12.1 Å². The number of aliphatic hydroxyl groups excluding tert-OH is 1. The highest BCUT2D eigenvalue weighted by Crippen LogP contribution is 2.19. The molecule has 5 nitrogen and oxygen atoms in total. The fourth-order valence-corrected chi connectivity index (χ4v) is 2.11. The highest BCUT2D eigenvalue weighted by Gasteiger charge is 2.20. The summed E-state index contributed by atoms with van der Waals surface area (Å²) < 4.78 is 27.3. The SMILES string of the molecule is CC(NC(=O)Cn1ccccc1=O)C(O)c1ccc(F)c(F)c1. The van der Waals surface area contributed by atoms with Crippen LogP contribution in [0.5, 0.6) is 0 Å². The summed E-state index contributed by atoms with van der Waals surface area (Å²) in [6.45, 7) is 1.33. The molecule has 2 aromatic rings. The Morgan fingerprint density at radius 1 is 1.26 bits per heavy atom. The van der Waals surface area contributed by atoms with Crippen LogP contribution in [0, 0.1) is 11.6 Å². The summed E-state index contributed by atoms with van der Waals surface area (Å²) in [7, 11) is 0. The first-order chi connectivity index (χ1) is 10.9. The summed E-state index contributed by atoms with van der Waals surface area (Å²) in [5.41, 5.74) is -0.176. The van der Waals surface area contributed by atoms with Crippen LogP contribution in [-0.4, -0.2) is 21.6 Å². The number of amides is 1. The van der Waals surface area contributed by atoms with E-state index in [0.717, 1.165) is 12.1 Å². The number of carbonyl (C=O) groups excluding carboxylic acids is 1. The van der Waals surface area contributed by atoms with Crippen molar-refractivity contribution in [3.05, 3.63) is 70.1 Å². The predicted octanol–water partition coefficient (Wildman–Crippen LogP) is 1.36. The van der Waals surface area contributed by atoms with Crippen LogP contribution in [0.3, 0.4) is 0 Å². The van der Waals surface area contributed by atoms with Gasteiger partial charge in [-0.15, -0.1) is 0 Å².